The molecule has 0 unspecified atom stereocenters. The number of nitrogens with zero attached hydrogens (tertiary/aromatic N) is 4. The van der Waals surface area contributed by atoms with Crippen molar-refractivity contribution in [1.82, 2.24) is 19.7 Å². The second kappa shape index (κ2) is 3.91. The van der Waals surface area contributed by atoms with E-state index in [9.17, 15) is 0 Å². The van der Waals surface area contributed by atoms with Crippen LogP contribution < -0.4 is 5.73 Å². The van der Waals surface area contributed by atoms with Gasteiger partial charge in [-0.25, -0.2) is 4.98 Å². The minimum atomic E-state index is -0.460. The van der Waals surface area contributed by atoms with Crippen molar-refractivity contribution in [3.05, 3.63) is 18.3 Å². The van der Waals surface area contributed by atoms with Gasteiger partial charge in [0.25, 0.3) is 0 Å². The van der Waals surface area contributed by atoms with Gasteiger partial charge in [0.1, 0.15) is 0 Å². The van der Waals surface area contributed by atoms with Crippen LogP contribution in [-0.4, -0.2) is 25.2 Å². The molecule has 0 saturated carbocycles. The van der Waals surface area contributed by atoms with Crippen molar-refractivity contribution in [3.8, 4) is 11.6 Å². The van der Waals surface area contributed by atoms with Crippen molar-refractivity contribution < 1.29 is 4.52 Å². The molecule has 0 amide bonds. The molecule has 2 rings (SSSR count). The molecule has 6 nitrogen and oxygen atoms in total. The van der Waals surface area contributed by atoms with Gasteiger partial charge in [-0.3, -0.25) is 0 Å². The Hall–Kier alpha value is -1.69. The predicted octanol–water partition coefficient (Wildman–Crippen LogP) is 1.48. The van der Waals surface area contributed by atoms with E-state index in [1.165, 1.54) is 0 Å². The van der Waals surface area contributed by atoms with E-state index in [1.807, 2.05) is 45.5 Å². The van der Waals surface area contributed by atoms with Crippen LogP contribution in [0.3, 0.4) is 0 Å². The van der Waals surface area contributed by atoms with Crippen LogP contribution in [0.4, 0.5) is 0 Å². The van der Waals surface area contributed by atoms with Gasteiger partial charge in [-0.05, 0) is 27.7 Å². The molecule has 18 heavy (non-hydrogen) atoms. The van der Waals surface area contributed by atoms with E-state index in [0.717, 1.165) is 0 Å². The molecule has 98 valence electrons. The standard InChI is InChI=1S/C12H19N5O/c1-11(2,12(3,4)13)10-15-8(16-18-10)9-14-6-7-17(9)5/h6-7H,13H2,1-5H3. The van der Waals surface area contributed by atoms with Crippen molar-refractivity contribution >= 4 is 0 Å². The first-order chi connectivity index (χ1) is 8.23. The van der Waals surface area contributed by atoms with E-state index < -0.39 is 11.0 Å². The molecule has 2 aromatic heterocycles. The normalized spacial score (nSPS) is 13.0. The van der Waals surface area contributed by atoms with E-state index in [4.69, 9.17) is 10.3 Å². The zero-order valence-electron chi connectivity index (χ0n) is 11.4. The Balaban J connectivity index is 2.41. The number of hydrogen-bond donors (Lipinski definition) is 1. The van der Waals surface area contributed by atoms with Crippen LogP contribution in [0, 0.1) is 0 Å². The number of nitrogens with two attached hydrogens (primary N) is 1. The fraction of sp³-hybridized carbons (Fsp3) is 0.583. The molecule has 0 aliphatic heterocycles. The van der Waals surface area contributed by atoms with Gasteiger partial charge in [0.15, 0.2) is 5.82 Å². The highest BCUT2D eigenvalue weighted by atomic mass is 16.5. The van der Waals surface area contributed by atoms with Gasteiger partial charge in [-0.15, -0.1) is 0 Å². The Morgan fingerprint density at radius 1 is 1.28 bits per heavy atom. The molecule has 2 N–H and O–H groups in total. The second-order valence-electron chi connectivity index (χ2n) is 5.63. The van der Waals surface area contributed by atoms with Crippen LogP contribution >= 0.6 is 0 Å². The largest absolute Gasteiger partial charge is 0.338 e. The molecule has 0 aliphatic carbocycles. The Morgan fingerprint density at radius 3 is 2.44 bits per heavy atom. The third-order valence-corrected chi connectivity index (χ3v) is 3.59. The fourth-order valence-corrected chi connectivity index (χ4v) is 1.42. The summed E-state index contributed by atoms with van der Waals surface area (Å²) in [5.74, 6) is 1.68. The molecule has 0 bridgehead atoms. The topological polar surface area (TPSA) is 82.8 Å². The average Bonchev–Trinajstić information content (AvgIpc) is 2.83. The molecule has 0 aromatic carbocycles. The summed E-state index contributed by atoms with van der Waals surface area (Å²) in [7, 11) is 1.89. The van der Waals surface area contributed by atoms with Crippen LogP contribution in [0.25, 0.3) is 11.6 Å². The van der Waals surface area contributed by atoms with E-state index in [1.54, 1.807) is 6.20 Å². The highest BCUT2D eigenvalue weighted by molar-refractivity contribution is 5.42. The first-order valence-corrected chi connectivity index (χ1v) is 5.84. The van der Waals surface area contributed by atoms with E-state index in [0.29, 0.717) is 17.5 Å². The fourth-order valence-electron chi connectivity index (χ4n) is 1.42. The Morgan fingerprint density at radius 2 is 1.94 bits per heavy atom. The van der Waals surface area contributed by atoms with Gasteiger partial charge in [0.2, 0.25) is 11.7 Å². The number of rotatable bonds is 3. The third kappa shape index (κ3) is 1.92. The summed E-state index contributed by atoms with van der Waals surface area (Å²) in [5, 5.41) is 3.97. The zero-order chi connectivity index (χ0) is 13.6. The SMILES string of the molecule is Cn1ccnc1-c1noc(C(C)(C)C(C)(C)N)n1. The molecule has 2 heterocycles. The number of imidazole rings is 1. The van der Waals surface area contributed by atoms with Gasteiger partial charge in [-0.2, -0.15) is 4.98 Å². The lowest BCUT2D eigenvalue weighted by molar-refractivity contribution is 0.223. The summed E-state index contributed by atoms with van der Waals surface area (Å²) >= 11 is 0. The summed E-state index contributed by atoms with van der Waals surface area (Å²) in [5.41, 5.74) is 5.28. The van der Waals surface area contributed by atoms with Crippen molar-refractivity contribution in [2.45, 2.75) is 38.6 Å². The zero-order valence-corrected chi connectivity index (χ0v) is 11.4. The molecule has 0 fully saturated rings. The minimum Gasteiger partial charge on any atom is -0.338 e. The monoisotopic (exact) mass is 249 g/mol. The molecular weight excluding hydrogens is 230 g/mol. The first-order valence-electron chi connectivity index (χ1n) is 5.84. The molecule has 6 heteroatoms. The predicted molar refractivity (Wildman–Crippen MR) is 67.8 cm³/mol. The highest BCUT2D eigenvalue weighted by Crippen LogP contribution is 2.32. The lowest BCUT2D eigenvalue weighted by Crippen LogP contribution is -2.50. The van der Waals surface area contributed by atoms with Crippen molar-refractivity contribution in [2.75, 3.05) is 0 Å². The summed E-state index contributed by atoms with van der Waals surface area (Å²) < 4.78 is 7.18. The van der Waals surface area contributed by atoms with Crippen LogP contribution in [0.5, 0.6) is 0 Å². The molecule has 2 aromatic rings. The molecule has 0 aliphatic rings. The molecule has 0 saturated heterocycles. The molecule has 0 radical (unpaired) electrons. The van der Waals surface area contributed by atoms with Crippen LogP contribution in [-0.2, 0) is 12.5 Å². The molecule has 0 atom stereocenters. The van der Waals surface area contributed by atoms with E-state index in [-0.39, 0.29) is 0 Å². The quantitative estimate of drug-likeness (QED) is 0.891. The Bertz CT molecular complexity index is 547. The third-order valence-electron chi connectivity index (χ3n) is 3.59. The lowest BCUT2D eigenvalue weighted by atomic mass is 9.75. The maximum Gasteiger partial charge on any atom is 0.238 e. The van der Waals surface area contributed by atoms with Crippen molar-refractivity contribution in [1.29, 1.82) is 0 Å². The van der Waals surface area contributed by atoms with Crippen LogP contribution in [0.15, 0.2) is 16.9 Å². The first kappa shape index (κ1) is 12.8. The van der Waals surface area contributed by atoms with Crippen LogP contribution in [0.2, 0.25) is 0 Å². The maximum atomic E-state index is 6.15. The second-order valence-corrected chi connectivity index (χ2v) is 5.63. The van der Waals surface area contributed by atoms with Gasteiger partial charge < -0.3 is 14.8 Å². The summed E-state index contributed by atoms with van der Waals surface area (Å²) in [4.78, 5) is 8.60. The number of aromatic nitrogens is 4. The minimum absolute atomic E-state index is 0.413. The Kier molecular flexibility index (Phi) is 2.77. The van der Waals surface area contributed by atoms with Crippen LogP contribution in [0.1, 0.15) is 33.6 Å². The number of hydrogen-bond acceptors (Lipinski definition) is 5. The van der Waals surface area contributed by atoms with Gasteiger partial charge in [0.05, 0.1) is 5.41 Å². The van der Waals surface area contributed by atoms with Gasteiger partial charge in [0, 0.05) is 25.0 Å². The number of aryl methyl sites for hydroxylation is 1. The molecule has 0 spiro atoms. The van der Waals surface area contributed by atoms with Gasteiger partial charge >= 0.3 is 0 Å². The summed E-state index contributed by atoms with van der Waals surface area (Å²) in [6, 6.07) is 0. The Labute approximate surface area is 106 Å². The summed E-state index contributed by atoms with van der Waals surface area (Å²) in [6.45, 7) is 7.86. The lowest BCUT2D eigenvalue weighted by Gasteiger charge is -2.34. The maximum absolute atomic E-state index is 6.15. The van der Waals surface area contributed by atoms with E-state index in [2.05, 4.69) is 15.1 Å². The van der Waals surface area contributed by atoms with Crippen molar-refractivity contribution in [3.63, 3.8) is 0 Å². The summed E-state index contributed by atoms with van der Waals surface area (Å²) in [6.07, 6.45) is 3.53. The average molecular weight is 249 g/mol. The smallest absolute Gasteiger partial charge is 0.238 e. The van der Waals surface area contributed by atoms with E-state index >= 15 is 0 Å². The highest BCUT2D eigenvalue weighted by Gasteiger charge is 2.40. The van der Waals surface area contributed by atoms with Crippen molar-refractivity contribution in [2.24, 2.45) is 12.8 Å². The van der Waals surface area contributed by atoms with Gasteiger partial charge in [-0.1, -0.05) is 5.16 Å². The molecular formula is C12H19N5O.